The molecule has 4 rings (SSSR count). The lowest BCUT2D eigenvalue weighted by Crippen LogP contribution is -2.54. The van der Waals surface area contributed by atoms with Gasteiger partial charge >= 0.3 is 0 Å². The molecule has 8 nitrogen and oxygen atoms in total. The van der Waals surface area contributed by atoms with Crippen LogP contribution in [0.25, 0.3) is 0 Å². The molecule has 2 saturated heterocycles. The molecule has 0 unspecified atom stereocenters. The molecule has 0 saturated carbocycles. The van der Waals surface area contributed by atoms with Crippen LogP contribution in [0, 0.1) is 13.8 Å². The summed E-state index contributed by atoms with van der Waals surface area (Å²) in [5, 5.41) is 3.92. The van der Waals surface area contributed by atoms with Crippen molar-refractivity contribution < 1.29 is 14.1 Å². The minimum absolute atomic E-state index is 0.00509. The van der Waals surface area contributed by atoms with Gasteiger partial charge in [0.1, 0.15) is 5.69 Å². The molecule has 1 amide bonds. The first-order chi connectivity index (χ1) is 11.6. The van der Waals surface area contributed by atoms with Gasteiger partial charge in [0.2, 0.25) is 5.89 Å². The Morgan fingerprint density at radius 1 is 1.33 bits per heavy atom. The number of nitrogens with zero attached hydrogens (tertiary/aromatic N) is 5. The maximum atomic E-state index is 12.8. The summed E-state index contributed by atoms with van der Waals surface area (Å²) >= 11 is 0. The highest BCUT2D eigenvalue weighted by atomic mass is 16.5. The molecular weight excluding hydrogens is 310 g/mol. The van der Waals surface area contributed by atoms with Gasteiger partial charge in [-0.1, -0.05) is 5.16 Å². The molecule has 0 bridgehead atoms. The first-order valence-corrected chi connectivity index (χ1v) is 8.09. The number of rotatable bonds is 2. The third-order valence-corrected chi connectivity index (χ3v) is 4.86. The Bertz CT molecular complexity index is 759. The number of aromatic nitrogens is 4. The van der Waals surface area contributed by atoms with E-state index in [9.17, 15) is 4.79 Å². The van der Waals surface area contributed by atoms with E-state index in [0.29, 0.717) is 37.1 Å². The van der Waals surface area contributed by atoms with E-state index in [1.807, 2.05) is 6.92 Å². The number of likely N-dealkylation sites (tertiary alicyclic amines) is 1. The Morgan fingerprint density at radius 3 is 2.92 bits per heavy atom. The number of carbonyl (C=O) groups is 1. The average molecular weight is 329 g/mol. The summed E-state index contributed by atoms with van der Waals surface area (Å²) in [6, 6.07) is 0. The molecule has 0 radical (unpaired) electrons. The quantitative estimate of drug-likeness (QED) is 0.812. The first-order valence-electron chi connectivity index (χ1n) is 8.09. The molecule has 2 atom stereocenters. The maximum Gasteiger partial charge on any atom is 0.274 e. The van der Waals surface area contributed by atoms with Gasteiger partial charge in [0.15, 0.2) is 5.82 Å². The summed E-state index contributed by atoms with van der Waals surface area (Å²) in [6.45, 7) is 5.39. The minimum atomic E-state index is -0.423. The zero-order valence-corrected chi connectivity index (χ0v) is 13.7. The number of fused-ring (bicyclic) bond motifs is 1. The highest BCUT2D eigenvalue weighted by Gasteiger charge is 2.53. The van der Waals surface area contributed by atoms with E-state index in [1.165, 1.54) is 6.20 Å². The van der Waals surface area contributed by atoms with E-state index in [2.05, 4.69) is 20.1 Å². The molecule has 2 aromatic rings. The number of piperidine rings is 1. The van der Waals surface area contributed by atoms with Gasteiger partial charge in [-0.2, -0.15) is 4.98 Å². The van der Waals surface area contributed by atoms with E-state index < -0.39 is 5.41 Å². The Hall–Kier alpha value is -2.35. The molecule has 126 valence electrons. The third-order valence-electron chi connectivity index (χ3n) is 4.86. The second kappa shape index (κ2) is 5.62. The molecule has 0 aromatic carbocycles. The standard InChI is InChI=1S/C16H19N5O3/c1-10-7-18-12(8-17-10)14(22)21-5-3-13-16(9-21,4-6-23-13)15-19-11(2)20-24-15/h7-8,13H,3-6,9H2,1-2H3/t13-,16-/m1/s1. The van der Waals surface area contributed by atoms with Crippen molar-refractivity contribution in [2.45, 2.75) is 38.2 Å². The van der Waals surface area contributed by atoms with Crippen molar-refractivity contribution in [3.63, 3.8) is 0 Å². The lowest BCUT2D eigenvalue weighted by Gasteiger charge is -2.41. The van der Waals surface area contributed by atoms with E-state index in [-0.39, 0.29) is 12.0 Å². The molecule has 0 N–H and O–H groups in total. The fraction of sp³-hybridized carbons (Fsp3) is 0.562. The molecule has 24 heavy (non-hydrogen) atoms. The SMILES string of the molecule is Cc1cnc(C(=O)N2CC[C@H]3OCC[C@@]3(c3nc(C)no3)C2)cn1. The van der Waals surface area contributed by atoms with Crippen molar-refractivity contribution in [2.75, 3.05) is 19.7 Å². The van der Waals surface area contributed by atoms with Crippen LogP contribution in [0.3, 0.4) is 0 Å². The van der Waals surface area contributed by atoms with Gasteiger partial charge in [-0.15, -0.1) is 0 Å². The van der Waals surface area contributed by atoms with Crippen LogP contribution >= 0.6 is 0 Å². The summed E-state index contributed by atoms with van der Waals surface area (Å²) in [6.07, 6.45) is 4.65. The van der Waals surface area contributed by atoms with Gasteiger partial charge < -0.3 is 14.2 Å². The molecular formula is C16H19N5O3. The molecule has 4 heterocycles. The summed E-state index contributed by atoms with van der Waals surface area (Å²) in [5.41, 5.74) is 0.717. The zero-order valence-electron chi connectivity index (χ0n) is 13.7. The molecule has 2 fully saturated rings. The Morgan fingerprint density at radius 2 is 2.21 bits per heavy atom. The molecule has 8 heteroatoms. The average Bonchev–Trinajstić information content (AvgIpc) is 3.21. The van der Waals surface area contributed by atoms with Crippen LogP contribution in [0.2, 0.25) is 0 Å². The predicted octanol–water partition coefficient (Wildman–Crippen LogP) is 1.05. The van der Waals surface area contributed by atoms with Crippen LogP contribution in [0.4, 0.5) is 0 Å². The van der Waals surface area contributed by atoms with Crippen LogP contribution in [0.1, 0.15) is 40.7 Å². The van der Waals surface area contributed by atoms with E-state index in [1.54, 1.807) is 18.0 Å². The van der Waals surface area contributed by atoms with E-state index >= 15 is 0 Å². The highest BCUT2D eigenvalue weighted by Crippen LogP contribution is 2.42. The smallest absolute Gasteiger partial charge is 0.274 e. The second-order valence-electron chi connectivity index (χ2n) is 6.47. The monoisotopic (exact) mass is 329 g/mol. The Labute approximate surface area is 139 Å². The van der Waals surface area contributed by atoms with Gasteiger partial charge in [-0.25, -0.2) is 4.98 Å². The van der Waals surface area contributed by atoms with Crippen LogP contribution in [0.15, 0.2) is 16.9 Å². The molecule has 0 spiro atoms. The maximum absolute atomic E-state index is 12.8. The number of aryl methyl sites for hydroxylation is 2. The molecule has 2 aromatic heterocycles. The second-order valence-corrected chi connectivity index (χ2v) is 6.47. The van der Waals surface area contributed by atoms with Crippen molar-refractivity contribution in [3.05, 3.63) is 35.5 Å². The Balaban J connectivity index is 1.63. The Kier molecular flexibility index (Phi) is 3.56. The van der Waals surface area contributed by atoms with Gasteiger partial charge in [-0.3, -0.25) is 9.78 Å². The molecule has 0 aliphatic carbocycles. The summed E-state index contributed by atoms with van der Waals surface area (Å²) < 4.78 is 11.3. The van der Waals surface area contributed by atoms with Gasteiger partial charge in [-0.05, 0) is 26.7 Å². The lowest BCUT2D eigenvalue weighted by atomic mass is 9.76. The van der Waals surface area contributed by atoms with Crippen LogP contribution in [0.5, 0.6) is 0 Å². The van der Waals surface area contributed by atoms with Crippen molar-refractivity contribution >= 4 is 5.91 Å². The first kappa shape index (κ1) is 15.2. The predicted molar refractivity (Wildman–Crippen MR) is 82.4 cm³/mol. The van der Waals surface area contributed by atoms with Crippen LogP contribution in [-0.2, 0) is 10.2 Å². The fourth-order valence-electron chi connectivity index (χ4n) is 3.59. The summed E-state index contributed by atoms with van der Waals surface area (Å²) in [7, 11) is 0. The fourth-order valence-corrected chi connectivity index (χ4v) is 3.59. The number of ether oxygens (including phenoxy) is 1. The zero-order chi connectivity index (χ0) is 16.7. The third kappa shape index (κ3) is 2.37. The van der Waals surface area contributed by atoms with Crippen molar-refractivity contribution in [1.29, 1.82) is 0 Å². The van der Waals surface area contributed by atoms with Crippen LogP contribution < -0.4 is 0 Å². The summed E-state index contributed by atoms with van der Waals surface area (Å²) in [5.74, 6) is 1.04. The summed E-state index contributed by atoms with van der Waals surface area (Å²) in [4.78, 5) is 27.4. The number of hydrogen-bond donors (Lipinski definition) is 0. The number of amides is 1. The van der Waals surface area contributed by atoms with Gasteiger partial charge in [0.25, 0.3) is 5.91 Å². The van der Waals surface area contributed by atoms with Gasteiger partial charge in [0, 0.05) is 25.9 Å². The van der Waals surface area contributed by atoms with E-state index in [4.69, 9.17) is 9.26 Å². The number of hydrogen-bond acceptors (Lipinski definition) is 7. The van der Waals surface area contributed by atoms with E-state index in [0.717, 1.165) is 18.5 Å². The molecule has 2 aliphatic heterocycles. The molecule has 2 aliphatic rings. The van der Waals surface area contributed by atoms with Crippen LogP contribution in [-0.4, -0.2) is 56.7 Å². The van der Waals surface area contributed by atoms with Crippen molar-refractivity contribution in [3.8, 4) is 0 Å². The highest BCUT2D eigenvalue weighted by molar-refractivity contribution is 5.92. The van der Waals surface area contributed by atoms with Crippen molar-refractivity contribution in [1.82, 2.24) is 25.0 Å². The van der Waals surface area contributed by atoms with Crippen molar-refractivity contribution in [2.24, 2.45) is 0 Å². The largest absolute Gasteiger partial charge is 0.377 e. The lowest BCUT2D eigenvalue weighted by molar-refractivity contribution is 0.00799. The normalized spacial score (nSPS) is 26.4. The number of carbonyl (C=O) groups excluding carboxylic acids is 1. The topological polar surface area (TPSA) is 94.2 Å². The minimum Gasteiger partial charge on any atom is -0.377 e. The van der Waals surface area contributed by atoms with Gasteiger partial charge in [0.05, 0.1) is 23.4 Å².